The van der Waals surface area contributed by atoms with Gasteiger partial charge in [-0.3, -0.25) is 9.59 Å². The van der Waals surface area contributed by atoms with E-state index in [9.17, 15) is 33.0 Å². The van der Waals surface area contributed by atoms with Gasteiger partial charge in [-0.15, -0.1) is 5.10 Å². The molecule has 1 unspecified atom stereocenters. The number of alkyl halides is 3. The maximum atomic E-state index is 13.5. The average Bonchev–Trinajstić information content (AvgIpc) is 3.38. The molecule has 186 valence electrons. The number of β-amino-alcohol motifs (C(OH)–C–C–N with tert-alkyl or cyclic N) is 1. The van der Waals surface area contributed by atoms with E-state index >= 15 is 0 Å². The quantitative estimate of drug-likeness (QED) is 0.597. The fourth-order valence-corrected chi connectivity index (χ4v) is 4.07. The molecule has 9 nitrogen and oxygen atoms in total. The van der Waals surface area contributed by atoms with Gasteiger partial charge >= 0.3 is 6.18 Å². The highest BCUT2D eigenvalue weighted by Gasteiger charge is 2.45. The molecule has 1 aliphatic heterocycles. The largest absolute Gasteiger partial charge is 0.418 e. The molecule has 1 aromatic carbocycles. The van der Waals surface area contributed by atoms with Gasteiger partial charge in [0.1, 0.15) is 17.8 Å². The van der Waals surface area contributed by atoms with E-state index in [-0.39, 0.29) is 24.4 Å². The normalized spacial score (nSPS) is 20.8. The van der Waals surface area contributed by atoms with Crippen LogP contribution < -0.4 is 5.32 Å². The fourth-order valence-electron chi connectivity index (χ4n) is 4.07. The number of carbonyl (C=O) groups is 2. The number of amides is 2. The summed E-state index contributed by atoms with van der Waals surface area (Å²) in [5.41, 5.74) is -0.188. The lowest BCUT2D eigenvalue weighted by Crippen LogP contribution is -2.49. The molecule has 0 aliphatic carbocycles. The highest BCUT2D eigenvalue weighted by molar-refractivity contribution is 5.90. The summed E-state index contributed by atoms with van der Waals surface area (Å²) in [6.07, 6.45) is -6.57. The SMILES string of the molecule is CNC(=O)[C@H]1C[C@H](O)CN1C(=O)[C@@H](n1cc(-c2ccc(C(O)C(F)(F)F)cc2)nn1)C(C)(C)C. The van der Waals surface area contributed by atoms with Crippen LogP contribution in [0.4, 0.5) is 13.2 Å². The number of nitrogens with one attached hydrogen (secondary N) is 1. The van der Waals surface area contributed by atoms with Gasteiger partial charge in [0, 0.05) is 25.6 Å². The summed E-state index contributed by atoms with van der Waals surface area (Å²) in [4.78, 5) is 27.2. The van der Waals surface area contributed by atoms with Crippen LogP contribution in [0.1, 0.15) is 44.9 Å². The lowest BCUT2D eigenvalue weighted by Gasteiger charge is -2.34. The van der Waals surface area contributed by atoms with Gasteiger partial charge in [-0.1, -0.05) is 50.3 Å². The summed E-state index contributed by atoms with van der Waals surface area (Å²) >= 11 is 0. The van der Waals surface area contributed by atoms with E-state index in [2.05, 4.69) is 15.6 Å². The van der Waals surface area contributed by atoms with E-state index < -0.39 is 41.8 Å². The van der Waals surface area contributed by atoms with Gasteiger partial charge in [-0.25, -0.2) is 4.68 Å². The monoisotopic (exact) mass is 483 g/mol. The zero-order chi connectivity index (χ0) is 25.4. The molecule has 0 radical (unpaired) electrons. The van der Waals surface area contributed by atoms with Crippen LogP contribution in [0.15, 0.2) is 30.5 Å². The minimum absolute atomic E-state index is 0.00798. The molecule has 12 heteroatoms. The molecule has 0 spiro atoms. The first-order chi connectivity index (χ1) is 15.7. The van der Waals surface area contributed by atoms with Crippen LogP contribution in [0.5, 0.6) is 0 Å². The fraction of sp³-hybridized carbons (Fsp3) is 0.545. The topological polar surface area (TPSA) is 121 Å². The van der Waals surface area contributed by atoms with Gasteiger partial charge in [-0.2, -0.15) is 13.2 Å². The standard InChI is InChI=1S/C22H28F3N5O4/c1-21(2,3)17(20(34)29-10-14(31)9-16(29)19(33)26-4)30-11-15(27-28-30)12-5-7-13(8-6-12)18(32)22(23,24)25/h5-8,11,14,16-18,31-32H,9-10H2,1-4H3,(H,26,33)/t14-,16+,17+,18?/m0/s1. The molecule has 2 aromatic rings. The van der Waals surface area contributed by atoms with Gasteiger partial charge in [0.15, 0.2) is 6.10 Å². The van der Waals surface area contributed by atoms with Crippen LogP contribution in [-0.4, -0.2) is 73.8 Å². The van der Waals surface area contributed by atoms with Crippen molar-refractivity contribution in [2.75, 3.05) is 13.6 Å². The van der Waals surface area contributed by atoms with E-state index in [1.807, 2.05) is 20.8 Å². The van der Waals surface area contributed by atoms with Crippen LogP contribution >= 0.6 is 0 Å². The van der Waals surface area contributed by atoms with E-state index in [0.29, 0.717) is 11.3 Å². The molecule has 0 saturated carbocycles. The van der Waals surface area contributed by atoms with Crippen LogP contribution in [0.2, 0.25) is 0 Å². The van der Waals surface area contributed by atoms with Crippen molar-refractivity contribution in [2.45, 2.75) is 57.7 Å². The van der Waals surface area contributed by atoms with Crippen LogP contribution in [0.3, 0.4) is 0 Å². The van der Waals surface area contributed by atoms with Crippen molar-refractivity contribution in [3.63, 3.8) is 0 Å². The van der Waals surface area contributed by atoms with Gasteiger partial charge < -0.3 is 20.4 Å². The molecule has 1 fully saturated rings. The number of aliphatic hydroxyl groups excluding tert-OH is 2. The molecule has 34 heavy (non-hydrogen) atoms. The van der Waals surface area contributed by atoms with Crippen LogP contribution in [0, 0.1) is 5.41 Å². The molecular weight excluding hydrogens is 455 g/mol. The second-order valence-corrected chi connectivity index (χ2v) is 9.43. The van der Waals surface area contributed by atoms with E-state index in [4.69, 9.17) is 0 Å². The number of nitrogens with zero attached hydrogens (tertiary/aromatic N) is 4. The molecule has 3 N–H and O–H groups in total. The maximum absolute atomic E-state index is 13.5. The molecule has 1 aliphatic rings. The predicted molar refractivity (Wildman–Crippen MR) is 115 cm³/mol. The molecule has 1 aromatic heterocycles. The van der Waals surface area contributed by atoms with Crippen molar-refractivity contribution >= 4 is 11.8 Å². The number of rotatable bonds is 5. The van der Waals surface area contributed by atoms with Gasteiger partial charge in [0.25, 0.3) is 0 Å². The first-order valence-electron chi connectivity index (χ1n) is 10.7. The molecular formula is C22H28F3N5O4. The maximum Gasteiger partial charge on any atom is 0.418 e. The smallest absolute Gasteiger partial charge is 0.391 e. The number of halogens is 3. The number of benzene rings is 1. The van der Waals surface area contributed by atoms with Gasteiger partial charge in [0.05, 0.1) is 12.3 Å². The first-order valence-corrected chi connectivity index (χ1v) is 10.7. The van der Waals surface area contributed by atoms with Crippen molar-refractivity contribution in [3.05, 3.63) is 36.0 Å². The number of likely N-dealkylation sites (N-methyl/N-ethyl adjacent to an activating group) is 1. The van der Waals surface area contributed by atoms with Crippen molar-refractivity contribution in [1.29, 1.82) is 0 Å². The summed E-state index contributed by atoms with van der Waals surface area (Å²) in [5, 5.41) is 30.1. The van der Waals surface area contributed by atoms with Crippen molar-refractivity contribution in [1.82, 2.24) is 25.2 Å². The van der Waals surface area contributed by atoms with Crippen molar-refractivity contribution in [3.8, 4) is 11.3 Å². The molecule has 2 amide bonds. The molecule has 2 heterocycles. The number of hydrogen-bond donors (Lipinski definition) is 3. The third kappa shape index (κ3) is 5.22. The first kappa shape index (κ1) is 25.6. The Hall–Kier alpha value is -2.99. The lowest BCUT2D eigenvalue weighted by atomic mass is 9.85. The molecule has 1 saturated heterocycles. The Morgan fingerprint density at radius 3 is 2.32 bits per heavy atom. The summed E-state index contributed by atoms with van der Waals surface area (Å²) in [6, 6.07) is 3.39. The third-order valence-corrected chi connectivity index (χ3v) is 5.77. The van der Waals surface area contributed by atoms with E-state index in [1.165, 1.54) is 35.0 Å². The Bertz CT molecular complexity index is 1030. The van der Waals surface area contributed by atoms with E-state index in [1.54, 1.807) is 0 Å². The number of aromatic nitrogens is 3. The zero-order valence-electron chi connectivity index (χ0n) is 19.2. The van der Waals surface area contributed by atoms with Crippen LogP contribution in [0.25, 0.3) is 11.3 Å². The number of carbonyl (C=O) groups excluding carboxylic acids is 2. The van der Waals surface area contributed by atoms with Gasteiger partial charge in [-0.05, 0) is 11.0 Å². The minimum atomic E-state index is -4.78. The second kappa shape index (κ2) is 9.34. The Kier molecular flexibility index (Phi) is 7.04. The highest BCUT2D eigenvalue weighted by atomic mass is 19.4. The lowest BCUT2D eigenvalue weighted by molar-refractivity contribution is -0.206. The molecule has 3 rings (SSSR count). The van der Waals surface area contributed by atoms with Crippen molar-refractivity contribution < 1.29 is 33.0 Å². The summed E-state index contributed by atoms with van der Waals surface area (Å²) in [5.74, 6) is -0.782. The molecule has 0 bridgehead atoms. The summed E-state index contributed by atoms with van der Waals surface area (Å²) in [6.45, 7) is 5.48. The highest BCUT2D eigenvalue weighted by Crippen LogP contribution is 2.36. The Labute approximate surface area is 194 Å². The van der Waals surface area contributed by atoms with Crippen LogP contribution in [-0.2, 0) is 9.59 Å². The Balaban J connectivity index is 1.89. The summed E-state index contributed by atoms with van der Waals surface area (Å²) in [7, 11) is 1.46. The minimum Gasteiger partial charge on any atom is -0.391 e. The molecule has 4 atom stereocenters. The summed E-state index contributed by atoms with van der Waals surface area (Å²) < 4.78 is 39.6. The average molecular weight is 483 g/mol. The van der Waals surface area contributed by atoms with Gasteiger partial charge in [0.2, 0.25) is 11.8 Å². The Morgan fingerprint density at radius 1 is 1.18 bits per heavy atom. The second-order valence-electron chi connectivity index (χ2n) is 9.43. The third-order valence-electron chi connectivity index (χ3n) is 5.77. The van der Waals surface area contributed by atoms with E-state index in [0.717, 1.165) is 12.1 Å². The number of aliphatic hydroxyl groups is 2. The number of likely N-dealkylation sites (tertiary alicyclic amines) is 1. The predicted octanol–water partition coefficient (Wildman–Crippen LogP) is 1.84. The number of hydrogen-bond acceptors (Lipinski definition) is 6. The Morgan fingerprint density at radius 2 is 1.79 bits per heavy atom. The van der Waals surface area contributed by atoms with Crippen molar-refractivity contribution in [2.24, 2.45) is 5.41 Å². The zero-order valence-corrected chi connectivity index (χ0v) is 19.2.